The van der Waals surface area contributed by atoms with Crippen LogP contribution in [0.3, 0.4) is 0 Å². The van der Waals surface area contributed by atoms with E-state index in [-0.39, 0.29) is 23.4 Å². The molecule has 0 aromatic carbocycles. The van der Waals surface area contributed by atoms with E-state index < -0.39 is 0 Å². The van der Waals surface area contributed by atoms with Gasteiger partial charge in [-0.2, -0.15) is 0 Å². The van der Waals surface area contributed by atoms with Gasteiger partial charge in [0.1, 0.15) is 11.1 Å². The highest BCUT2D eigenvalue weighted by molar-refractivity contribution is 6.15. The van der Waals surface area contributed by atoms with E-state index in [2.05, 4.69) is 27.1 Å². The van der Waals surface area contributed by atoms with Crippen molar-refractivity contribution in [2.75, 3.05) is 42.8 Å². The molecule has 2 atom stereocenters. The summed E-state index contributed by atoms with van der Waals surface area (Å²) in [6, 6.07) is 3.85. The zero-order valence-electron chi connectivity index (χ0n) is 18.5. The monoisotopic (exact) mass is 438 g/mol. The smallest absolute Gasteiger partial charge is 0.263 e. The van der Waals surface area contributed by atoms with Gasteiger partial charge in [0.2, 0.25) is 5.88 Å². The van der Waals surface area contributed by atoms with Crippen LogP contribution < -0.4 is 21.7 Å². The number of piperidine rings is 1. The minimum Gasteiger partial charge on any atom is -0.438 e. The van der Waals surface area contributed by atoms with E-state index >= 15 is 0 Å². The summed E-state index contributed by atoms with van der Waals surface area (Å²) in [5, 5.41) is 2.95. The molecule has 3 aromatic rings. The molecule has 4 heterocycles. The fourth-order valence-electron chi connectivity index (χ4n) is 4.35. The van der Waals surface area contributed by atoms with Crippen LogP contribution in [-0.4, -0.2) is 48.7 Å². The van der Waals surface area contributed by atoms with Crippen molar-refractivity contribution in [3.8, 4) is 0 Å². The molecular weight excluding hydrogens is 408 g/mol. The Balaban J connectivity index is 1.58. The maximum atomic E-state index is 13.2. The van der Waals surface area contributed by atoms with E-state index in [4.69, 9.17) is 20.6 Å². The van der Waals surface area contributed by atoms with Crippen LogP contribution in [0.5, 0.6) is 0 Å². The minimum atomic E-state index is -0.385. The van der Waals surface area contributed by atoms with E-state index in [1.165, 1.54) is 0 Å². The third kappa shape index (κ3) is 4.68. The number of hydrogen-bond donors (Lipinski definition) is 3. The lowest BCUT2D eigenvalue weighted by Gasteiger charge is -2.37. The predicted octanol–water partition coefficient (Wildman–Crippen LogP) is 2.81. The Labute approximate surface area is 187 Å². The molecule has 0 radical (unpaired) electrons. The number of anilines is 3. The third-order valence-corrected chi connectivity index (χ3v) is 5.73. The first-order valence-electron chi connectivity index (χ1n) is 10.9. The number of pyridine rings is 2. The number of fused-ring (bicyclic) bond motifs is 1. The number of ether oxygens (including phenoxy) is 1. The fourth-order valence-corrected chi connectivity index (χ4v) is 4.35. The fraction of sp³-hybridized carbons (Fsp3) is 0.435. The van der Waals surface area contributed by atoms with Crippen molar-refractivity contribution >= 4 is 34.3 Å². The van der Waals surface area contributed by atoms with Crippen LogP contribution in [0.4, 0.5) is 17.3 Å². The number of furan rings is 1. The number of nitrogens with zero attached hydrogens (tertiary/aromatic N) is 3. The molecule has 0 unspecified atom stereocenters. The zero-order valence-corrected chi connectivity index (χ0v) is 18.5. The topological polar surface area (TPSA) is 133 Å². The molecule has 1 aliphatic rings. The molecule has 0 spiro atoms. The number of nitrogens with two attached hydrogens (primary N) is 2. The highest BCUT2D eigenvalue weighted by Crippen LogP contribution is 2.32. The van der Waals surface area contributed by atoms with E-state index in [9.17, 15) is 4.79 Å². The number of amides is 1. The van der Waals surface area contributed by atoms with Gasteiger partial charge in [0, 0.05) is 45.2 Å². The van der Waals surface area contributed by atoms with Crippen molar-refractivity contribution in [2.24, 2.45) is 11.7 Å². The minimum absolute atomic E-state index is 0.0399. The van der Waals surface area contributed by atoms with Crippen LogP contribution in [0.2, 0.25) is 0 Å². The van der Waals surface area contributed by atoms with E-state index in [1.807, 2.05) is 12.1 Å². The molecule has 9 heteroatoms. The standard InChI is InChI=1S/C23H30N6O3/c1-14-8-16(24)13-29(12-14)18-5-6-26-11-17(18)28-23(30)20-21-19(32-22(20)25)9-15(10-27-21)4-3-7-31-2/h5-6,9-11,14,16H,3-4,7-8,12-13,24-25H2,1-2H3,(H,28,30)/t14-,16+/m1/s1. The molecular formula is C23H30N6O3. The summed E-state index contributed by atoms with van der Waals surface area (Å²) in [4.78, 5) is 24.0. The third-order valence-electron chi connectivity index (χ3n) is 5.73. The molecule has 32 heavy (non-hydrogen) atoms. The Morgan fingerprint density at radius 2 is 2.22 bits per heavy atom. The molecule has 3 aromatic heterocycles. The second kappa shape index (κ2) is 9.54. The molecule has 170 valence electrons. The van der Waals surface area contributed by atoms with Crippen LogP contribution in [0.25, 0.3) is 11.1 Å². The normalized spacial score (nSPS) is 18.8. The second-order valence-corrected chi connectivity index (χ2v) is 8.48. The molecule has 1 amide bonds. The number of carbonyl (C=O) groups is 1. The summed E-state index contributed by atoms with van der Waals surface area (Å²) < 4.78 is 10.8. The number of nitrogen functional groups attached to an aromatic ring is 1. The first-order chi connectivity index (χ1) is 15.5. The summed E-state index contributed by atoms with van der Waals surface area (Å²) in [7, 11) is 1.67. The van der Waals surface area contributed by atoms with Crippen molar-refractivity contribution < 1.29 is 13.9 Å². The van der Waals surface area contributed by atoms with Gasteiger partial charge >= 0.3 is 0 Å². The Kier molecular flexibility index (Phi) is 6.57. The SMILES string of the molecule is COCCCc1cnc2c(C(=O)Nc3cnccc3N3C[C@H](C)C[C@H](N)C3)c(N)oc2c1. The number of aromatic nitrogens is 2. The van der Waals surface area contributed by atoms with Crippen molar-refractivity contribution in [3.05, 3.63) is 41.9 Å². The first kappa shape index (κ1) is 22.0. The summed E-state index contributed by atoms with van der Waals surface area (Å²) >= 11 is 0. The Morgan fingerprint density at radius 1 is 1.38 bits per heavy atom. The van der Waals surface area contributed by atoms with Crippen LogP contribution in [-0.2, 0) is 11.2 Å². The summed E-state index contributed by atoms with van der Waals surface area (Å²) in [5.41, 5.74) is 15.9. The van der Waals surface area contributed by atoms with E-state index in [0.717, 1.165) is 43.6 Å². The molecule has 1 aliphatic heterocycles. The lowest BCUT2D eigenvalue weighted by atomic mass is 9.96. The van der Waals surface area contributed by atoms with Gasteiger partial charge in [-0.05, 0) is 42.9 Å². The summed E-state index contributed by atoms with van der Waals surface area (Å²) in [5.74, 6) is 0.119. The largest absolute Gasteiger partial charge is 0.438 e. The van der Waals surface area contributed by atoms with Crippen LogP contribution >= 0.6 is 0 Å². The van der Waals surface area contributed by atoms with Gasteiger partial charge in [-0.15, -0.1) is 0 Å². The maximum Gasteiger partial charge on any atom is 0.263 e. The lowest BCUT2D eigenvalue weighted by Crippen LogP contribution is -2.46. The molecule has 1 saturated heterocycles. The highest BCUT2D eigenvalue weighted by Gasteiger charge is 2.26. The maximum absolute atomic E-state index is 13.2. The van der Waals surface area contributed by atoms with Gasteiger partial charge in [0.05, 0.1) is 17.6 Å². The number of nitrogens with one attached hydrogen (secondary N) is 1. The average Bonchev–Trinajstić information content (AvgIpc) is 3.08. The van der Waals surface area contributed by atoms with Gasteiger partial charge in [-0.25, -0.2) is 0 Å². The number of carbonyl (C=O) groups excluding carboxylic acids is 1. The van der Waals surface area contributed by atoms with Gasteiger partial charge in [-0.1, -0.05) is 6.92 Å². The predicted molar refractivity (Wildman–Crippen MR) is 125 cm³/mol. The molecule has 5 N–H and O–H groups in total. The summed E-state index contributed by atoms with van der Waals surface area (Å²) in [6.45, 7) is 4.44. The molecule has 0 bridgehead atoms. The zero-order chi connectivity index (χ0) is 22.7. The number of aryl methyl sites for hydroxylation is 1. The summed E-state index contributed by atoms with van der Waals surface area (Å²) in [6.07, 6.45) is 7.75. The Hall–Kier alpha value is -3.17. The number of methoxy groups -OCH3 is 1. The number of hydrogen-bond acceptors (Lipinski definition) is 8. The van der Waals surface area contributed by atoms with Crippen molar-refractivity contribution in [1.82, 2.24) is 9.97 Å². The molecule has 0 aliphatic carbocycles. The second-order valence-electron chi connectivity index (χ2n) is 8.48. The number of rotatable bonds is 7. The van der Waals surface area contributed by atoms with Crippen molar-refractivity contribution in [2.45, 2.75) is 32.2 Å². The highest BCUT2D eigenvalue weighted by atomic mass is 16.5. The molecule has 9 nitrogen and oxygen atoms in total. The Morgan fingerprint density at radius 3 is 3.00 bits per heavy atom. The van der Waals surface area contributed by atoms with E-state index in [1.54, 1.807) is 25.7 Å². The van der Waals surface area contributed by atoms with Crippen molar-refractivity contribution in [1.29, 1.82) is 0 Å². The van der Waals surface area contributed by atoms with Gasteiger partial charge in [-0.3, -0.25) is 14.8 Å². The Bertz CT molecular complexity index is 1090. The molecule has 4 rings (SSSR count). The van der Waals surface area contributed by atoms with Gasteiger partial charge in [0.15, 0.2) is 5.58 Å². The van der Waals surface area contributed by atoms with Gasteiger partial charge in [0.25, 0.3) is 5.91 Å². The van der Waals surface area contributed by atoms with Crippen LogP contribution in [0.1, 0.15) is 35.7 Å². The van der Waals surface area contributed by atoms with Crippen LogP contribution in [0.15, 0.2) is 35.1 Å². The molecule has 0 saturated carbocycles. The van der Waals surface area contributed by atoms with Crippen molar-refractivity contribution in [3.63, 3.8) is 0 Å². The van der Waals surface area contributed by atoms with Gasteiger partial charge < -0.3 is 30.8 Å². The lowest BCUT2D eigenvalue weighted by molar-refractivity contribution is 0.102. The molecule has 1 fully saturated rings. The van der Waals surface area contributed by atoms with E-state index in [0.29, 0.717) is 29.3 Å². The first-order valence-corrected chi connectivity index (χ1v) is 10.9. The van der Waals surface area contributed by atoms with Crippen LogP contribution in [0, 0.1) is 5.92 Å². The quantitative estimate of drug-likeness (QED) is 0.480. The average molecular weight is 439 g/mol.